The second-order valence-corrected chi connectivity index (χ2v) is 5.01. The summed E-state index contributed by atoms with van der Waals surface area (Å²) in [5.41, 5.74) is 3.42. The molecule has 0 saturated carbocycles. The van der Waals surface area contributed by atoms with Crippen LogP contribution in [-0.4, -0.2) is 15.6 Å². The van der Waals surface area contributed by atoms with Gasteiger partial charge in [0.1, 0.15) is 0 Å². The normalized spacial score (nSPS) is 10.7. The fourth-order valence-electron chi connectivity index (χ4n) is 2.18. The van der Waals surface area contributed by atoms with Crippen molar-refractivity contribution in [2.24, 2.45) is 0 Å². The molecule has 0 N–H and O–H groups in total. The maximum absolute atomic E-state index is 12.4. The number of ketones is 1. The van der Waals surface area contributed by atoms with Crippen molar-refractivity contribution in [1.29, 1.82) is 0 Å². The molecule has 2 aromatic rings. The van der Waals surface area contributed by atoms with Crippen LogP contribution in [0.3, 0.4) is 0 Å². The molecule has 1 heterocycles. The number of rotatable bonds is 4. The molecule has 0 amide bonds. The Morgan fingerprint density at radius 1 is 1.37 bits per heavy atom. The second kappa shape index (κ2) is 5.57. The van der Waals surface area contributed by atoms with E-state index in [1.165, 1.54) is 0 Å². The molecular weight excluding hydrogens is 260 g/mol. The summed E-state index contributed by atoms with van der Waals surface area (Å²) in [6.45, 7) is 6.60. The summed E-state index contributed by atoms with van der Waals surface area (Å²) in [6.07, 6.45) is 0.357. The highest BCUT2D eigenvalue weighted by Crippen LogP contribution is 2.20. The summed E-state index contributed by atoms with van der Waals surface area (Å²) in [5, 5.41) is 4.98. The van der Waals surface area contributed by atoms with Crippen molar-refractivity contribution in [1.82, 2.24) is 9.78 Å². The van der Waals surface area contributed by atoms with Crippen molar-refractivity contribution >= 4 is 17.4 Å². The minimum atomic E-state index is 0.0783. The van der Waals surface area contributed by atoms with Crippen LogP contribution in [0, 0.1) is 13.8 Å². The van der Waals surface area contributed by atoms with Gasteiger partial charge in [-0.3, -0.25) is 9.48 Å². The van der Waals surface area contributed by atoms with Crippen LogP contribution in [0.25, 0.3) is 0 Å². The van der Waals surface area contributed by atoms with Gasteiger partial charge in [0.25, 0.3) is 0 Å². The fourth-order valence-corrected chi connectivity index (χ4v) is 2.36. The second-order valence-electron chi connectivity index (χ2n) is 4.61. The highest BCUT2D eigenvalue weighted by molar-refractivity contribution is 6.31. The van der Waals surface area contributed by atoms with E-state index in [9.17, 15) is 4.79 Å². The van der Waals surface area contributed by atoms with Crippen molar-refractivity contribution in [3.63, 3.8) is 0 Å². The molecule has 0 aliphatic rings. The lowest BCUT2D eigenvalue weighted by Crippen LogP contribution is -2.10. The van der Waals surface area contributed by atoms with Crippen LogP contribution in [0.2, 0.25) is 5.02 Å². The van der Waals surface area contributed by atoms with Gasteiger partial charge in [0, 0.05) is 22.8 Å². The Labute approximate surface area is 118 Å². The van der Waals surface area contributed by atoms with Gasteiger partial charge < -0.3 is 0 Å². The number of nitrogens with zero attached hydrogens (tertiary/aromatic N) is 2. The number of Topliss-reactive ketones (excluding diaryl/α,β-unsaturated/α-hetero) is 1. The summed E-state index contributed by atoms with van der Waals surface area (Å²) in [4.78, 5) is 12.4. The molecular formula is C15H17ClN2O. The van der Waals surface area contributed by atoms with Gasteiger partial charge in [0.2, 0.25) is 0 Å². The Morgan fingerprint density at radius 3 is 2.79 bits per heavy atom. The van der Waals surface area contributed by atoms with E-state index in [2.05, 4.69) is 5.10 Å². The van der Waals surface area contributed by atoms with Gasteiger partial charge >= 0.3 is 0 Å². The SMILES string of the molecule is CCn1nc(C)cc1CC(=O)c1cccc(Cl)c1C. The average Bonchev–Trinajstić information content (AvgIpc) is 2.72. The molecule has 0 aliphatic heterocycles. The van der Waals surface area contributed by atoms with E-state index in [1.807, 2.05) is 43.7 Å². The van der Waals surface area contributed by atoms with Gasteiger partial charge in [-0.1, -0.05) is 23.7 Å². The monoisotopic (exact) mass is 276 g/mol. The van der Waals surface area contributed by atoms with Gasteiger partial charge in [0.05, 0.1) is 12.1 Å². The van der Waals surface area contributed by atoms with Crippen LogP contribution in [-0.2, 0) is 13.0 Å². The van der Waals surface area contributed by atoms with E-state index in [0.717, 1.165) is 23.5 Å². The van der Waals surface area contributed by atoms with E-state index in [4.69, 9.17) is 11.6 Å². The molecule has 0 unspecified atom stereocenters. The van der Waals surface area contributed by atoms with Crippen LogP contribution in [0.4, 0.5) is 0 Å². The van der Waals surface area contributed by atoms with Gasteiger partial charge in [-0.15, -0.1) is 0 Å². The van der Waals surface area contributed by atoms with Crippen molar-refractivity contribution in [3.8, 4) is 0 Å². The highest BCUT2D eigenvalue weighted by atomic mass is 35.5. The zero-order chi connectivity index (χ0) is 14.0. The standard InChI is InChI=1S/C15H17ClN2O/c1-4-18-12(8-10(2)17-18)9-15(19)13-6-5-7-14(16)11(13)3/h5-8H,4,9H2,1-3H3. The Morgan fingerprint density at radius 2 is 2.11 bits per heavy atom. The van der Waals surface area contributed by atoms with E-state index >= 15 is 0 Å². The van der Waals surface area contributed by atoms with Crippen LogP contribution < -0.4 is 0 Å². The molecule has 3 nitrogen and oxygen atoms in total. The number of aromatic nitrogens is 2. The lowest BCUT2D eigenvalue weighted by atomic mass is 10.0. The lowest BCUT2D eigenvalue weighted by Gasteiger charge is -2.07. The number of carbonyl (C=O) groups excluding carboxylic acids is 1. The van der Waals surface area contributed by atoms with E-state index in [-0.39, 0.29) is 5.78 Å². The van der Waals surface area contributed by atoms with E-state index in [1.54, 1.807) is 6.07 Å². The first kappa shape index (κ1) is 13.8. The number of aryl methyl sites for hydroxylation is 2. The molecule has 0 saturated heterocycles. The molecule has 2 rings (SSSR count). The predicted molar refractivity (Wildman–Crippen MR) is 76.9 cm³/mol. The largest absolute Gasteiger partial charge is 0.294 e. The number of benzene rings is 1. The maximum Gasteiger partial charge on any atom is 0.169 e. The van der Waals surface area contributed by atoms with Gasteiger partial charge in [-0.2, -0.15) is 5.10 Å². The third-order valence-corrected chi connectivity index (χ3v) is 3.60. The molecule has 1 aromatic carbocycles. The van der Waals surface area contributed by atoms with Gasteiger partial charge in [-0.25, -0.2) is 0 Å². The van der Waals surface area contributed by atoms with Crippen molar-refractivity contribution < 1.29 is 4.79 Å². The quantitative estimate of drug-likeness (QED) is 0.800. The molecule has 100 valence electrons. The summed E-state index contributed by atoms with van der Waals surface area (Å²) < 4.78 is 1.87. The smallest absolute Gasteiger partial charge is 0.169 e. The first-order valence-corrected chi connectivity index (χ1v) is 6.72. The molecule has 0 bridgehead atoms. The van der Waals surface area contributed by atoms with Crippen LogP contribution in [0.15, 0.2) is 24.3 Å². The molecule has 0 fully saturated rings. The number of carbonyl (C=O) groups is 1. The Balaban J connectivity index is 2.28. The van der Waals surface area contributed by atoms with E-state index < -0.39 is 0 Å². The highest BCUT2D eigenvalue weighted by Gasteiger charge is 2.14. The first-order chi connectivity index (χ1) is 9.02. The van der Waals surface area contributed by atoms with Crippen LogP contribution in [0.1, 0.15) is 34.2 Å². The molecule has 0 radical (unpaired) electrons. The molecule has 0 aliphatic carbocycles. The zero-order valence-corrected chi connectivity index (χ0v) is 12.2. The van der Waals surface area contributed by atoms with Crippen molar-refractivity contribution in [2.45, 2.75) is 33.7 Å². The minimum Gasteiger partial charge on any atom is -0.294 e. The maximum atomic E-state index is 12.4. The van der Waals surface area contributed by atoms with Gasteiger partial charge in [0.15, 0.2) is 5.78 Å². The number of halogens is 1. The fraction of sp³-hybridized carbons (Fsp3) is 0.333. The van der Waals surface area contributed by atoms with Crippen molar-refractivity contribution in [2.75, 3.05) is 0 Å². The number of hydrogen-bond donors (Lipinski definition) is 0. The first-order valence-electron chi connectivity index (χ1n) is 6.34. The summed E-state index contributed by atoms with van der Waals surface area (Å²) >= 11 is 6.05. The Kier molecular flexibility index (Phi) is 4.05. The molecule has 1 aromatic heterocycles. The summed E-state index contributed by atoms with van der Waals surface area (Å²) in [5.74, 6) is 0.0783. The molecule has 0 spiro atoms. The molecule has 4 heteroatoms. The Bertz CT molecular complexity index is 617. The topological polar surface area (TPSA) is 34.9 Å². The average molecular weight is 277 g/mol. The zero-order valence-electron chi connectivity index (χ0n) is 11.4. The predicted octanol–water partition coefficient (Wildman–Crippen LogP) is 3.60. The summed E-state index contributed by atoms with van der Waals surface area (Å²) in [6, 6.07) is 7.39. The molecule has 19 heavy (non-hydrogen) atoms. The summed E-state index contributed by atoms with van der Waals surface area (Å²) in [7, 11) is 0. The van der Waals surface area contributed by atoms with Crippen LogP contribution >= 0.6 is 11.6 Å². The Hall–Kier alpha value is -1.61. The van der Waals surface area contributed by atoms with Crippen molar-refractivity contribution in [3.05, 3.63) is 51.8 Å². The lowest BCUT2D eigenvalue weighted by molar-refractivity contribution is 0.0990. The third kappa shape index (κ3) is 2.87. The van der Waals surface area contributed by atoms with Gasteiger partial charge in [-0.05, 0) is 38.5 Å². The van der Waals surface area contributed by atoms with E-state index in [0.29, 0.717) is 17.0 Å². The minimum absolute atomic E-state index is 0.0783. The molecule has 0 atom stereocenters. The third-order valence-electron chi connectivity index (χ3n) is 3.19. The number of hydrogen-bond acceptors (Lipinski definition) is 2. The van der Waals surface area contributed by atoms with Crippen LogP contribution in [0.5, 0.6) is 0 Å².